The molecule has 2 heterocycles. The molecule has 1 aromatic carbocycles. The summed E-state index contributed by atoms with van der Waals surface area (Å²) in [6.45, 7) is 1.72. The number of carboxylic acid groups (broad SMARTS) is 1. The lowest BCUT2D eigenvalue weighted by atomic mass is 9.75. The van der Waals surface area contributed by atoms with Crippen LogP contribution in [0, 0.1) is 10.1 Å². The van der Waals surface area contributed by atoms with E-state index in [1.165, 1.54) is 12.1 Å². The number of nitrogens with zero attached hydrogens (tertiary/aromatic N) is 3. The highest BCUT2D eigenvalue weighted by Gasteiger charge is 2.39. The van der Waals surface area contributed by atoms with Crippen molar-refractivity contribution in [1.29, 1.82) is 0 Å². The van der Waals surface area contributed by atoms with Gasteiger partial charge in [-0.3, -0.25) is 14.8 Å². The van der Waals surface area contributed by atoms with Gasteiger partial charge in [0, 0.05) is 42.3 Å². The quantitative estimate of drug-likeness (QED) is 0.631. The average molecular weight is 368 g/mol. The molecular weight excluding hydrogens is 348 g/mol. The second kappa shape index (κ2) is 6.22. The maximum Gasteiger partial charge on any atom is 0.334 e. The Kier molecular flexibility index (Phi) is 3.98. The molecule has 27 heavy (non-hydrogen) atoms. The van der Waals surface area contributed by atoms with Crippen LogP contribution in [-0.2, 0) is 11.8 Å². The number of hydrogen-bond acceptors (Lipinski definition) is 5. The first kappa shape index (κ1) is 17.3. The van der Waals surface area contributed by atoms with Crippen molar-refractivity contribution in [3.05, 3.63) is 62.5 Å². The molecule has 4 rings (SSSR count). The van der Waals surface area contributed by atoms with Gasteiger partial charge in [0.15, 0.2) is 0 Å². The van der Waals surface area contributed by atoms with Gasteiger partial charge in [-0.15, -0.1) is 0 Å². The number of hydrogen-bond donors (Lipinski definition) is 2. The summed E-state index contributed by atoms with van der Waals surface area (Å²) in [5.74, 6) is -0.569. The van der Waals surface area contributed by atoms with Crippen LogP contribution in [0.25, 0.3) is 0 Å². The Balaban J connectivity index is 1.96. The number of nitro benzene ring substituents is 1. The fourth-order valence-electron chi connectivity index (χ4n) is 4.02. The molecule has 1 aliphatic heterocycles. The van der Waals surface area contributed by atoms with Gasteiger partial charge in [0.05, 0.1) is 16.2 Å². The van der Waals surface area contributed by atoms with Crippen molar-refractivity contribution in [2.75, 3.05) is 5.32 Å². The van der Waals surface area contributed by atoms with E-state index in [9.17, 15) is 20.0 Å². The number of anilines is 1. The second-order valence-electron chi connectivity index (χ2n) is 7.15. The molecule has 1 aliphatic carbocycles. The lowest BCUT2D eigenvalue weighted by Gasteiger charge is -2.31. The van der Waals surface area contributed by atoms with Crippen LogP contribution in [0.5, 0.6) is 0 Å². The van der Waals surface area contributed by atoms with Gasteiger partial charge in [0.25, 0.3) is 5.69 Å². The van der Waals surface area contributed by atoms with Gasteiger partial charge in [-0.2, -0.15) is 5.10 Å². The summed E-state index contributed by atoms with van der Waals surface area (Å²) in [5.41, 5.74) is 2.99. The standard InChI is InChI=1S/C19H20N4O4/c1-10-14(19(24)25)15(12-7-4-8-13(9-12)23(26)27)16-17(11-5-3-6-11)21-22(2)18(16)20-10/h4,7-9,11,15,20H,3,5-6H2,1-2H3,(H,24,25). The third-order valence-electron chi connectivity index (χ3n) is 5.54. The number of aryl methyl sites for hydroxylation is 1. The number of non-ortho nitro benzene ring substituents is 1. The molecule has 0 spiro atoms. The zero-order valence-corrected chi connectivity index (χ0v) is 15.1. The van der Waals surface area contributed by atoms with Crippen molar-refractivity contribution >= 4 is 17.5 Å². The van der Waals surface area contributed by atoms with Gasteiger partial charge in [-0.25, -0.2) is 4.79 Å². The number of carboxylic acids is 1. The Morgan fingerprint density at radius 1 is 1.41 bits per heavy atom. The van der Waals surface area contributed by atoms with Crippen molar-refractivity contribution in [3.8, 4) is 0 Å². The Morgan fingerprint density at radius 2 is 2.15 bits per heavy atom. The van der Waals surface area contributed by atoms with Gasteiger partial charge in [-0.1, -0.05) is 18.6 Å². The number of nitrogens with one attached hydrogen (secondary N) is 1. The largest absolute Gasteiger partial charge is 0.478 e. The Hall–Kier alpha value is -3.16. The third kappa shape index (κ3) is 2.68. The van der Waals surface area contributed by atoms with E-state index in [1.54, 1.807) is 23.7 Å². The number of benzene rings is 1. The fourth-order valence-corrected chi connectivity index (χ4v) is 4.02. The minimum Gasteiger partial charge on any atom is -0.478 e. The minimum absolute atomic E-state index is 0.0518. The monoisotopic (exact) mass is 368 g/mol. The van der Waals surface area contributed by atoms with Gasteiger partial charge in [0.2, 0.25) is 0 Å². The predicted octanol–water partition coefficient (Wildman–Crippen LogP) is 3.51. The zero-order chi connectivity index (χ0) is 19.3. The van der Waals surface area contributed by atoms with Crippen molar-refractivity contribution in [3.63, 3.8) is 0 Å². The van der Waals surface area contributed by atoms with Crippen LogP contribution in [0.3, 0.4) is 0 Å². The normalized spacial score (nSPS) is 19.3. The lowest BCUT2D eigenvalue weighted by molar-refractivity contribution is -0.384. The zero-order valence-electron chi connectivity index (χ0n) is 15.1. The molecule has 8 nitrogen and oxygen atoms in total. The van der Waals surface area contributed by atoms with Gasteiger partial charge < -0.3 is 10.4 Å². The summed E-state index contributed by atoms with van der Waals surface area (Å²) in [4.78, 5) is 22.9. The summed E-state index contributed by atoms with van der Waals surface area (Å²) in [6.07, 6.45) is 3.18. The first-order valence-corrected chi connectivity index (χ1v) is 8.90. The van der Waals surface area contributed by atoms with E-state index in [0.29, 0.717) is 17.2 Å². The van der Waals surface area contributed by atoms with Gasteiger partial charge in [0.1, 0.15) is 5.82 Å². The lowest BCUT2D eigenvalue weighted by Crippen LogP contribution is -2.24. The molecule has 1 saturated carbocycles. The minimum atomic E-state index is -1.04. The number of aliphatic carboxylic acids is 1. The van der Waals surface area contributed by atoms with E-state index in [1.807, 2.05) is 7.05 Å². The number of fused-ring (bicyclic) bond motifs is 1. The molecule has 0 saturated heterocycles. The maximum atomic E-state index is 12.1. The van der Waals surface area contributed by atoms with Crippen molar-refractivity contribution in [1.82, 2.24) is 9.78 Å². The molecule has 2 N–H and O–H groups in total. The first-order chi connectivity index (χ1) is 12.9. The smallest absolute Gasteiger partial charge is 0.334 e. The van der Waals surface area contributed by atoms with Crippen LogP contribution in [0.15, 0.2) is 35.5 Å². The molecule has 1 atom stereocenters. The van der Waals surface area contributed by atoms with E-state index in [4.69, 9.17) is 0 Å². The third-order valence-corrected chi connectivity index (χ3v) is 5.54. The molecule has 1 aromatic heterocycles. The Labute approximate surface area is 155 Å². The SMILES string of the molecule is CC1=C(C(=O)O)C(c2cccc([N+](=O)[O-])c2)c2c(C3CCC3)nn(C)c2N1. The molecule has 2 aromatic rings. The van der Waals surface area contributed by atoms with E-state index in [2.05, 4.69) is 10.4 Å². The number of allylic oxidation sites excluding steroid dienone is 1. The Bertz CT molecular complexity index is 988. The fraction of sp³-hybridized carbons (Fsp3) is 0.368. The van der Waals surface area contributed by atoms with Crippen molar-refractivity contribution in [2.45, 2.75) is 38.0 Å². The van der Waals surface area contributed by atoms with Gasteiger partial charge in [-0.05, 0) is 25.3 Å². The summed E-state index contributed by atoms with van der Waals surface area (Å²) < 4.78 is 1.75. The summed E-state index contributed by atoms with van der Waals surface area (Å²) in [6, 6.07) is 6.23. The molecule has 0 bridgehead atoms. The summed E-state index contributed by atoms with van der Waals surface area (Å²) in [5, 5.41) is 29.0. The van der Waals surface area contributed by atoms with Crippen LogP contribution in [-0.4, -0.2) is 25.8 Å². The topological polar surface area (TPSA) is 110 Å². The van der Waals surface area contributed by atoms with Crippen LogP contribution >= 0.6 is 0 Å². The number of carbonyl (C=O) groups is 1. The highest BCUT2D eigenvalue weighted by atomic mass is 16.6. The average Bonchev–Trinajstić information content (AvgIpc) is 2.88. The number of aromatic nitrogens is 2. The molecular formula is C19H20N4O4. The van der Waals surface area contributed by atoms with Crippen molar-refractivity contribution < 1.29 is 14.8 Å². The van der Waals surface area contributed by atoms with E-state index in [-0.39, 0.29) is 11.3 Å². The second-order valence-corrected chi connectivity index (χ2v) is 7.15. The van der Waals surface area contributed by atoms with Crippen molar-refractivity contribution in [2.24, 2.45) is 7.05 Å². The molecule has 2 aliphatic rings. The van der Waals surface area contributed by atoms with E-state index < -0.39 is 16.8 Å². The number of nitro groups is 1. The Morgan fingerprint density at radius 3 is 2.74 bits per heavy atom. The molecule has 140 valence electrons. The van der Waals surface area contributed by atoms with Crippen LogP contribution in [0.1, 0.15) is 54.8 Å². The maximum absolute atomic E-state index is 12.1. The molecule has 1 fully saturated rings. The van der Waals surface area contributed by atoms with E-state index >= 15 is 0 Å². The van der Waals surface area contributed by atoms with E-state index in [0.717, 1.165) is 36.3 Å². The van der Waals surface area contributed by atoms with Crippen LogP contribution < -0.4 is 5.32 Å². The predicted molar refractivity (Wildman–Crippen MR) is 98.7 cm³/mol. The highest BCUT2D eigenvalue weighted by molar-refractivity contribution is 5.93. The van der Waals surface area contributed by atoms with Crippen LogP contribution in [0.2, 0.25) is 0 Å². The molecule has 0 radical (unpaired) electrons. The number of rotatable bonds is 4. The summed E-state index contributed by atoms with van der Waals surface area (Å²) >= 11 is 0. The van der Waals surface area contributed by atoms with Crippen LogP contribution in [0.4, 0.5) is 11.5 Å². The molecule has 1 unspecified atom stereocenters. The molecule has 0 amide bonds. The van der Waals surface area contributed by atoms with Gasteiger partial charge >= 0.3 is 5.97 Å². The highest BCUT2D eigenvalue weighted by Crippen LogP contribution is 2.48. The summed E-state index contributed by atoms with van der Waals surface area (Å²) in [7, 11) is 1.83. The first-order valence-electron chi connectivity index (χ1n) is 8.90. The molecule has 8 heteroatoms.